The van der Waals surface area contributed by atoms with Gasteiger partial charge in [0.2, 0.25) is 0 Å². The maximum Gasteiger partial charge on any atom is 0.142 e. The number of hydrogen-bond acceptors (Lipinski definition) is 1. The van der Waals surface area contributed by atoms with E-state index in [0.717, 1.165) is 18.1 Å². The standard InChI is InChI=1S/C18H30O/c19-14-13-16-9-5-4-8-12-18(15-16)17-10-6-2-1-3-7-11-17/h13-14,17-18H,1-12,15H2. The van der Waals surface area contributed by atoms with Crippen molar-refractivity contribution in [2.75, 3.05) is 0 Å². The minimum absolute atomic E-state index is 0.865. The molecule has 0 aromatic carbocycles. The average Bonchev–Trinajstić information content (AvgIpc) is 2.33. The molecule has 1 unspecified atom stereocenters. The van der Waals surface area contributed by atoms with E-state index >= 15 is 0 Å². The largest absolute Gasteiger partial charge is 0.299 e. The van der Waals surface area contributed by atoms with Crippen LogP contribution < -0.4 is 0 Å². The lowest BCUT2D eigenvalue weighted by Gasteiger charge is -2.31. The minimum Gasteiger partial charge on any atom is -0.299 e. The fourth-order valence-electron chi connectivity index (χ4n) is 4.09. The van der Waals surface area contributed by atoms with E-state index in [0.29, 0.717) is 0 Å². The topological polar surface area (TPSA) is 17.1 Å². The van der Waals surface area contributed by atoms with Crippen LogP contribution in [0.3, 0.4) is 0 Å². The molecule has 108 valence electrons. The highest BCUT2D eigenvalue weighted by molar-refractivity contribution is 5.66. The van der Waals surface area contributed by atoms with Gasteiger partial charge in [0.05, 0.1) is 0 Å². The van der Waals surface area contributed by atoms with Crippen LogP contribution in [0, 0.1) is 11.8 Å². The van der Waals surface area contributed by atoms with E-state index in [-0.39, 0.29) is 0 Å². The van der Waals surface area contributed by atoms with Crippen LogP contribution in [-0.2, 0) is 4.79 Å². The van der Waals surface area contributed by atoms with Crippen molar-refractivity contribution in [2.45, 2.75) is 83.5 Å². The normalized spacial score (nSPS) is 30.1. The third kappa shape index (κ3) is 5.12. The number of aldehydes is 1. The van der Waals surface area contributed by atoms with Gasteiger partial charge in [0.15, 0.2) is 0 Å². The maximum atomic E-state index is 10.8. The Morgan fingerprint density at radius 2 is 1.32 bits per heavy atom. The van der Waals surface area contributed by atoms with Crippen molar-refractivity contribution in [1.29, 1.82) is 0 Å². The summed E-state index contributed by atoms with van der Waals surface area (Å²) in [6.45, 7) is 0. The number of allylic oxidation sites excluding steroid dienone is 2. The lowest BCUT2D eigenvalue weighted by molar-refractivity contribution is -0.104. The molecule has 2 aliphatic rings. The van der Waals surface area contributed by atoms with E-state index in [1.54, 1.807) is 0 Å². The van der Waals surface area contributed by atoms with Crippen molar-refractivity contribution < 1.29 is 4.79 Å². The predicted molar refractivity (Wildman–Crippen MR) is 81.1 cm³/mol. The molecule has 2 saturated carbocycles. The Hall–Kier alpha value is -0.590. The van der Waals surface area contributed by atoms with Crippen molar-refractivity contribution in [2.24, 2.45) is 11.8 Å². The van der Waals surface area contributed by atoms with E-state index in [1.165, 1.54) is 89.0 Å². The van der Waals surface area contributed by atoms with Gasteiger partial charge < -0.3 is 0 Å². The molecule has 1 heteroatoms. The summed E-state index contributed by atoms with van der Waals surface area (Å²) >= 11 is 0. The van der Waals surface area contributed by atoms with Gasteiger partial charge in [0.25, 0.3) is 0 Å². The number of rotatable bonds is 2. The molecule has 0 N–H and O–H groups in total. The van der Waals surface area contributed by atoms with Gasteiger partial charge in [-0.05, 0) is 43.6 Å². The summed E-state index contributed by atoms with van der Waals surface area (Å²) in [4.78, 5) is 10.8. The molecule has 0 saturated heterocycles. The monoisotopic (exact) mass is 262 g/mol. The Labute approximate surface area is 118 Å². The first kappa shape index (κ1) is 14.8. The summed E-state index contributed by atoms with van der Waals surface area (Å²) in [5.74, 6) is 1.80. The van der Waals surface area contributed by atoms with E-state index in [2.05, 4.69) is 0 Å². The molecule has 0 bridgehead atoms. The van der Waals surface area contributed by atoms with Crippen LogP contribution in [0.25, 0.3) is 0 Å². The Morgan fingerprint density at radius 3 is 2.00 bits per heavy atom. The van der Waals surface area contributed by atoms with Crippen molar-refractivity contribution in [1.82, 2.24) is 0 Å². The second-order valence-corrected chi connectivity index (χ2v) is 6.63. The highest BCUT2D eigenvalue weighted by Crippen LogP contribution is 2.37. The van der Waals surface area contributed by atoms with Gasteiger partial charge >= 0.3 is 0 Å². The molecule has 2 rings (SSSR count). The Kier molecular flexibility index (Phi) is 6.67. The lowest BCUT2D eigenvalue weighted by Crippen LogP contribution is -2.18. The highest BCUT2D eigenvalue weighted by atomic mass is 16.1. The molecule has 0 heterocycles. The highest BCUT2D eigenvalue weighted by Gasteiger charge is 2.23. The molecule has 0 spiro atoms. The van der Waals surface area contributed by atoms with E-state index in [1.807, 2.05) is 6.08 Å². The summed E-state index contributed by atoms with van der Waals surface area (Å²) in [5, 5.41) is 0. The molecule has 1 atom stereocenters. The van der Waals surface area contributed by atoms with Gasteiger partial charge in [-0.2, -0.15) is 0 Å². The molecule has 0 aromatic rings. The molecule has 1 nitrogen and oxygen atoms in total. The molecule has 19 heavy (non-hydrogen) atoms. The second kappa shape index (κ2) is 8.55. The fourth-order valence-corrected chi connectivity index (χ4v) is 4.09. The van der Waals surface area contributed by atoms with Crippen molar-refractivity contribution in [3.05, 3.63) is 11.6 Å². The van der Waals surface area contributed by atoms with Gasteiger partial charge in [-0.25, -0.2) is 0 Å². The number of hydrogen-bond donors (Lipinski definition) is 0. The van der Waals surface area contributed by atoms with Crippen molar-refractivity contribution >= 4 is 6.29 Å². The summed E-state index contributed by atoms with van der Waals surface area (Å²) in [5.41, 5.74) is 1.43. The molecule has 0 aliphatic heterocycles. The zero-order chi connectivity index (χ0) is 13.3. The van der Waals surface area contributed by atoms with Crippen molar-refractivity contribution in [3.8, 4) is 0 Å². The SMILES string of the molecule is O=CC=C1CCCCCC(C2CCCCCCC2)C1. The second-order valence-electron chi connectivity index (χ2n) is 6.63. The van der Waals surface area contributed by atoms with Crippen LogP contribution in [0.4, 0.5) is 0 Å². The van der Waals surface area contributed by atoms with Crippen LogP contribution in [0.5, 0.6) is 0 Å². The van der Waals surface area contributed by atoms with E-state index < -0.39 is 0 Å². The molecule has 0 radical (unpaired) electrons. The smallest absolute Gasteiger partial charge is 0.142 e. The van der Waals surface area contributed by atoms with Gasteiger partial charge in [-0.15, -0.1) is 0 Å². The third-order valence-electron chi connectivity index (χ3n) is 5.22. The van der Waals surface area contributed by atoms with Crippen LogP contribution in [0.15, 0.2) is 11.6 Å². The lowest BCUT2D eigenvalue weighted by atomic mass is 9.75. The average molecular weight is 262 g/mol. The van der Waals surface area contributed by atoms with Crippen LogP contribution in [0.1, 0.15) is 83.5 Å². The van der Waals surface area contributed by atoms with Crippen LogP contribution >= 0.6 is 0 Å². The van der Waals surface area contributed by atoms with Gasteiger partial charge in [-0.3, -0.25) is 4.79 Å². The number of carbonyl (C=O) groups excluding carboxylic acids is 1. The summed E-state index contributed by atoms with van der Waals surface area (Å²) in [6.07, 6.45) is 20.8. The van der Waals surface area contributed by atoms with Crippen LogP contribution in [0.2, 0.25) is 0 Å². The predicted octanol–water partition coefficient (Wildman–Crippen LogP) is 5.44. The summed E-state index contributed by atoms with van der Waals surface area (Å²) < 4.78 is 0. The Bertz CT molecular complexity index is 284. The molecular weight excluding hydrogens is 232 g/mol. The first-order valence-corrected chi connectivity index (χ1v) is 8.53. The first-order valence-electron chi connectivity index (χ1n) is 8.53. The quantitative estimate of drug-likeness (QED) is 0.478. The molecular formula is C18H30O. The minimum atomic E-state index is 0.865. The fraction of sp³-hybridized carbons (Fsp3) is 0.833. The summed E-state index contributed by atoms with van der Waals surface area (Å²) in [7, 11) is 0. The zero-order valence-corrected chi connectivity index (χ0v) is 12.4. The maximum absolute atomic E-state index is 10.8. The van der Waals surface area contributed by atoms with Gasteiger partial charge in [0.1, 0.15) is 6.29 Å². The zero-order valence-electron chi connectivity index (χ0n) is 12.4. The van der Waals surface area contributed by atoms with Crippen LogP contribution in [-0.4, -0.2) is 6.29 Å². The molecule has 2 aliphatic carbocycles. The van der Waals surface area contributed by atoms with Crippen molar-refractivity contribution in [3.63, 3.8) is 0 Å². The third-order valence-corrected chi connectivity index (χ3v) is 5.22. The first-order chi connectivity index (χ1) is 9.40. The van der Waals surface area contributed by atoms with E-state index in [9.17, 15) is 4.79 Å². The Morgan fingerprint density at radius 1 is 0.737 bits per heavy atom. The molecule has 2 fully saturated rings. The molecule has 0 aromatic heterocycles. The van der Waals surface area contributed by atoms with Gasteiger partial charge in [0, 0.05) is 0 Å². The Balaban J connectivity index is 1.96. The van der Waals surface area contributed by atoms with E-state index in [4.69, 9.17) is 0 Å². The molecule has 0 amide bonds. The summed E-state index contributed by atoms with van der Waals surface area (Å²) in [6, 6.07) is 0. The van der Waals surface area contributed by atoms with Gasteiger partial charge in [-0.1, -0.05) is 63.4 Å². The number of carbonyl (C=O) groups is 1.